The van der Waals surface area contributed by atoms with Gasteiger partial charge in [0, 0.05) is 6.00 Å². The maximum atomic E-state index is 8.47. The van der Waals surface area contributed by atoms with Gasteiger partial charge in [0.1, 0.15) is 7.85 Å². The molecule has 6 heavy (non-hydrogen) atoms. The van der Waals surface area contributed by atoms with Gasteiger partial charge in [0.15, 0.2) is 0 Å². The van der Waals surface area contributed by atoms with E-state index < -0.39 is 0 Å². The molecule has 0 amide bonds. The smallest absolute Gasteiger partial charge is 0.138 e. The molecule has 0 saturated heterocycles. The molecule has 3 heteroatoms. The minimum atomic E-state index is -0.227. The Bertz CT molecular complexity index is 32.0. The van der Waals surface area contributed by atoms with E-state index in [-0.39, 0.29) is 6.00 Å². The summed E-state index contributed by atoms with van der Waals surface area (Å²) in [5.74, 6) is 0. The Kier molecular flexibility index (Phi) is 3.18. The van der Waals surface area contributed by atoms with Crippen LogP contribution in [0, 0.1) is 0 Å². The number of hydrogen-bond donors (Lipinski definition) is 2. The van der Waals surface area contributed by atoms with E-state index in [0.717, 1.165) is 0 Å². The van der Waals surface area contributed by atoms with Gasteiger partial charge in [-0.15, -0.1) is 0 Å². The maximum absolute atomic E-state index is 8.47. The first-order valence-corrected chi connectivity index (χ1v) is 2.15. The van der Waals surface area contributed by atoms with E-state index >= 15 is 0 Å². The molecule has 0 aliphatic carbocycles. The SMILES string of the molecule is BC(O)CCN. The molecule has 3 N–H and O–H groups in total. The molecule has 1 unspecified atom stereocenters. The van der Waals surface area contributed by atoms with E-state index in [4.69, 9.17) is 10.8 Å². The monoisotopic (exact) mass is 87.1 g/mol. The van der Waals surface area contributed by atoms with Crippen LogP contribution in [0.3, 0.4) is 0 Å². The molecule has 0 rings (SSSR count). The fourth-order valence-electron chi connectivity index (χ4n) is 0.241. The lowest BCUT2D eigenvalue weighted by atomic mass is 9.98. The van der Waals surface area contributed by atoms with Crippen LogP contribution in [0.2, 0.25) is 0 Å². The van der Waals surface area contributed by atoms with Gasteiger partial charge in [-0.3, -0.25) is 0 Å². The van der Waals surface area contributed by atoms with Crippen molar-refractivity contribution < 1.29 is 5.11 Å². The standard InChI is InChI=1S/C3H10BNO/c4-3(6)1-2-5/h3,6H,1-2,4-5H2. The summed E-state index contributed by atoms with van der Waals surface area (Å²) in [4.78, 5) is 0. The van der Waals surface area contributed by atoms with Gasteiger partial charge in [0.05, 0.1) is 0 Å². The average molecular weight is 86.9 g/mol. The summed E-state index contributed by atoms with van der Waals surface area (Å²) in [6.45, 7) is 0.581. The maximum Gasteiger partial charge on any atom is 0.138 e. The van der Waals surface area contributed by atoms with E-state index in [1.807, 2.05) is 0 Å². The second-order valence-corrected chi connectivity index (χ2v) is 1.43. The molecule has 0 bridgehead atoms. The van der Waals surface area contributed by atoms with Crippen LogP contribution in [-0.4, -0.2) is 25.5 Å². The van der Waals surface area contributed by atoms with Crippen molar-refractivity contribution in [3.05, 3.63) is 0 Å². The van der Waals surface area contributed by atoms with Gasteiger partial charge in [-0.25, -0.2) is 0 Å². The molecular weight excluding hydrogens is 76.9 g/mol. The molecule has 0 fully saturated rings. The molecule has 2 nitrogen and oxygen atoms in total. The molecule has 0 aromatic carbocycles. The molecule has 1 atom stereocenters. The van der Waals surface area contributed by atoms with Crippen LogP contribution in [0.5, 0.6) is 0 Å². The summed E-state index contributed by atoms with van der Waals surface area (Å²) in [7, 11) is 1.73. The fourth-order valence-corrected chi connectivity index (χ4v) is 0.241. The second kappa shape index (κ2) is 3.19. The number of nitrogens with two attached hydrogens (primary N) is 1. The number of aliphatic hydroxyl groups excluding tert-OH is 1. The lowest BCUT2D eigenvalue weighted by Crippen LogP contribution is -2.12. The molecule has 0 aliphatic rings. The van der Waals surface area contributed by atoms with E-state index in [9.17, 15) is 0 Å². The zero-order valence-corrected chi connectivity index (χ0v) is 4.02. The van der Waals surface area contributed by atoms with Crippen molar-refractivity contribution in [2.45, 2.75) is 12.4 Å². The molecular formula is C3H10BNO. The second-order valence-electron chi connectivity index (χ2n) is 1.43. The topological polar surface area (TPSA) is 46.2 Å². The Morgan fingerprint density at radius 1 is 1.83 bits per heavy atom. The lowest BCUT2D eigenvalue weighted by molar-refractivity contribution is 0.248. The minimum absolute atomic E-state index is 0.227. The molecule has 0 saturated carbocycles. The predicted molar refractivity (Wildman–Crippen MR) is 28.2 cm³/mol. The van der Waals surface area contributed by atoms with E-state index in [1.165, 1.54) is 0 Å². The Labute approximate surface area is 38.8 Å². The highest BCUT2D eigenvalue weighted by Gasteiger charge is 1.88. The van der Waals surface area contributed by atoms with Crippen molar-refractivity contribution in [3.63, 3.8) is 0 Å². The van der Waals surface area contributed by atoms with Crippen LogP contribution in [0.15, 0.2) is 0 Å². The number of hydrogen-bond acceptors (Lipinski definition) is 2. The summed E-state index contributed by atoms with van der Waals surface area (Å²) < 4.78 is 0. The van der Waals surface area contributed by atoms with E-state index in [2.05, 4.69) is 0 Å². The van der Waals surface area contributed by atoms with Crippen LogP contribution in [0.4, 0.5) is 0 Å². The van der Waals surface area contributed by atoms with Gasteiger partial charge >= 0.3 is 0 Å². The lowest BCUT2D eigenvalue weighted by Gasteiger charge is -1.95. The van der Waals surface area contributed by atoms with Crippen molar-refractivity contribution in [2.75, 3.05) is 6.54 Å². The van der Waals surface area contributed by atoms with Crippen molar-refractivity contribution in [3.8, 4) is 0 Å². The average Bonchev–Trinajstić information content (AvgIpc) is 1.35. The first-order chi connectivity index (χ1) is 2.77. The third-order valence-electron chi connectivity index (χ3n) is 0.584. The van der Waals surface area contributed by atoms with Crippen LogP contribution in [-0.2, 0) is 0 Å². The predicted octanol–water partition coefficient (Wildman–Crippen LogP) is -1.71. The van der Waals surface area contributed by atoms with Gasteiger partial charge in [0.2, 0.25) is 0 Å². The summed E-state index contributed by atoms with van der Waals surface area (Å²) >= 11 is 0. The Morgan fingerprint density at radius 2 is 2.33 bits per heavy atom. The third kappa shape index (κ3) is 3.98. The Hall–Kier alpha value is -0.0151. The molecule has 0 spiro atoms. The Morgan fingerprint density at radius 3 is 2.33 bits per heavy atom. The molecule has 0 heterocycles. The molecule has 0 aliphatic heterocycles. The highest BCUT2D eigenvalue weighted by atomic mass is 16.3. The molecule has 36 valence electrons. The quantitative estimate of drug-likeness (QED) is 0.394. The zero-order valence-electron chi connectivity index (χ0n) is 4.02. The van der Waals surface area contributed by atoms with E-state index in [0.29, 0.717) is 13.0 Å². The van der Waals surface area contributed by atoms with Gasteiger partial charge in [-0.2, -0.15) is 0 Å². The van der Waals surface area contributed by atoms with Crippen molar-refractivity contribution in [1.29, 1.82) is 0 Å². The third-order valence-corrected chi connectivity index (χ3v) is 0.584. The van der Waals surface area contributed by atoms with Gasteiger partial charge < -0.3 is 10.8 Å². The summed E-state index contributed by atoms with van der Waals surface area (Å²) in [5, 5.41) is 8.47. The summed E-state index contributed by atoms with van der Waals surface area (Å²) in [6.07, 6.45) is 0.708. The van der Waals surface area contributed by atoms with Crippen LogP contribution >= 0.6 is 0 Å². The van der Waals surface area contributed by atoms with Gasteiger partial charge in [0.25, 0.3) is 0 Å². The van der Waals surface area contributed by atoms with Crippen LogP contribution in [0.25, 0.3) is 0 Å². The normalized spacial score (nSPS) is 14.3. The number of aliphatic hydroxyl groups is 1. The van der Waals surface area contributed by atoms with Gasteiger partial charge in [-0.1, -0.05) is 0 Å². The zero-order chi connectivity index (χ0) is 4.99. The summed E-state index contributed by atoms with van der Waals surface area (Å²) in [5.41, 5.74) is 5.07. The highest BCUT2D eigenvalue weighted by Crippen LogP contribution is 1.76. The summed E-state index contributed by atoms with van der Waals surface area (Å²) in [6, 6.07) is -0.227. The van der Waals surface area contributed by atoms with E-state index in [1.54, 1.807) is 7.85 Å². The first kappa shape index (κ1) is 5.98. The Balaban J connectivity index is 2.63. The molecule has 0 radical (unpaired) electrons. The van der Waals surface area contributed by atoms with Crippen molar-refractivity contribution in [1.82, 2.24) is 0 Å². The molecule has 0 aromatic heterocycles. The van der Waals surface area contributed by atoms with Crippen LogP contribution in [0.1, 0.15) is 6.42 Å². The van der Waals surface area contributed by atoms with Gasteiger partial charge in [-0.05, 0) is 13.0 Å². The largest absolute Gasteiger partial charge is 0.402 e. The number of rotatable bonds is 2. The van der Waals surface area contributed by atoms with Crippen LogP contribution < -0.4 is 5.73 Å². The van der Waals surface area contributed by atoms with Crippen molar-refractivity contribution in [2.24, 2.45) is 5.73 Å². The fraction of sp³-hybridized carbons (Fsp3) is 1.00. The molecule has 0 aromatic rings. The van der Waals surface area contributed by atoms with Crippen molar-refractivity contribution >= 4 is 7.85 Å². The minimum Gasteiger partial charge on any atom is -0.402 e. The first-order valence-electron chi connectivity index (χ1n) is 2.15. The highest BCUT2D eigenvalue weighted by molar-refractivity contribution is 6.10.